The highest BCUT2D eigenvalue weighted by Gasteiger charge is 2.05. The highest BCUT2D eigenvalue weighted by Crippen LogP contribution is 2.14. The third-order valence-corrected chi connectivity index (χ3v) is 4.14. The summed E-state index contributed by atoms with van der Waals surface area (Å²) in [6.07, 6.45) is 3.00. The number of amides is 1. The summed E-state index contributed by atoms with van der Waals surface area (Å²) in [6, 6.07) is 21.5. The molecule has 3 rings (SSSR count). The largest absolute Gasteiger partial charge is 0.545 e. The minimum Gasteiger partial charge on any atom is -0.545 e. The SMILES string of the molecule is O=C(COc1ccc(C(=O)/C=C/c2ccc(C(=O)[O-])cc2)cc1)Nc1ccccc1. The van der Waals surface area contributed by atoms with Crippen molar-refractivity contribution in [3.8, 4) is 5.75 Å². The summed E-state index contributed by atoms with van der Waals surface area (Å²) >= 11 is 0. The molecule has 1 N–H and O–H groups in total. The topological polar surface area (TPSA) is 95.5 Å². The van der Waals surface area contributed by atoms with E-state index in [1.807, 2.05) is 18.2 Å². The zero-order valence-corrected chi connectivity index (χ0v) is 15.9. The minimum absolute atomic E-state index is 0.0755. The lowest BCUT2D eigenvalue weighted by Gasteiger charge is -2.07. The van der Waals surface area contributed by atoms with Crippen molar-refractivity contribution in [1.29, 1.82) is 0 Å². The van der Waals surface area contributed by atoms with Crippen LogP contribution in [0.15, 0.2) is 84.9 Å². The molecule has 1 amide bonds. The first-order valence-corrected chi connectivity index (χ1v) is 9.13. The van der Waals surface area contributed by atoms with Gasteiger partial charge in [-0.25, -0.2) is 0 Å². The van der Waals surface area contributed by atoms with Gasteiger partial charge in [-0.15, -0.1) is 0 Å². The molecule has 0 atom stereocenters. The number of hydrogen-bond acceptors (Lipinski definition) is 5. The van der Waals surface area contributed by atoms with E-state index in [0.29, 0.717) is 22.6 Å². The minimum atomic E-state index is -1.25. The molecule has 3 aromatic rings. The molecule has 30 heavy (non-hydrogen) atoms. The van der Waals surface area contributed by atoms with Crippen LogP contribution in [0, 0.1) is 0 Å². The summed E-state index contributed by atoms with van der Waals surface area (Å²) in [5.41, 5.74) is 1.91. The first kappa shape index (κ1) is 20.5. The maximum absolute atomic E-state index is 12.3. The van der Waals surface area contributed by atoms with Crippen LogP contribution in [-0.2, 0) is 4.79 Å². The van der Waals surface area contributed by atoms with Gasteiger partial charge in [0.25, 0.3) is 5.91 Å². The Kier molecular flexibility index (Phi) is 6.74. The molecule has 0 fully saturated rings. The molecular formula is C24H18NO5-. The number of carboxylic acid groups (broad SMARTS) is 1. The lowest BCUT2D eigenvalue weighted by atomic mass is 10.1. The van der Waals surface area contributed by atoms with Crippen LogP contribution >= 0.6 is 0 Å². The number of benzene rings is 3. The Hall–Kier alpha value is -4.19. The van der Waals surface area contributed by atoms with Gasteiger partial charge in [-0.05, 0) is 53.6 Å². The third-order valence-electron chi connectivity index (χ3n) is 4.14. The Morgan fingerprint density at radius 3 is 2.10 bits per heavy atom. The van der Waals surface area contributed by atoms with Crippen molar-refractivity contribution >= 4 is 29.4 Å². The number of carbonyl (C=O) groups is 3. The maximum Gasteiger partial charge on any atom is 0.262 e. The Bertz CT molecular complexity index is 1060. The number of aromatic carboxylic acids is 1. The first-order chi connectivity index (χ1) is 14.5. The fraction of sp³-hybridized carbons (Fsp3) is 0.0417. The van der Waals surface area contributed by atoms with Crippen LogP contribution in [0.5, 0.6) is 5.75 Å². The van der Waals surface area contributed by atoms with Crippen LogP contribution in [0.4, 0.5) is 5.69 Å². The second-order valence-corrected chi connectivity index (χ2v) is 6.33. The zero-order valence-electron chi connectivity index (χ0n) is 15.9. The Labute approximate surface area is 173 Å². The Morgan fingerprint density at radius 1 is 0.833 bits per heavy atom. The van der Waals surface area contributed by atoms with E-state index in [-0.39, 0.29) is 23.9 Å². The number of nitrogens with one attached hydrogen (secondary N) is 1. The highest BCUT2D eigenvalue weighted by molar-refractivity contribution is 6.06. The molecule has 150 valence electrons. The van der Waals surface area contributed by atoms with Gasteiger partial charge in [-0.1, -0.05) is 48.5 Å². The van der Waals surface area contributed by atoms with Crippen LogP contribution in [0.2, 0.25) is 0 Å². The summed E-state index contributed by atoms with van der Waals surface area (Å²) in [5, 5.41) is 13.5. The van der Waals surface area contributed by atoms with E-state index in [1.54, 1.807) is 54.6 Å². The van der Waals surface area contributed by atoms with E-state index in [1.165, 1.54) is 18.2 Å². The number of anilines is 1. The highest BCUT2D eigenvalue weighted by atomic mass is 16.5. The molecule has 0 saturated heterocycles. The van der Waals surface area contributed by atoms with E-state index < -0.39 is 5.97 Å². The van der Waals surface area contributed by atoms with Gasteiger partial charge in [-0.2, -0.15) is 0 Å². The van der Waals surface area contributed by atoms with Crippen LogP contribution in [-0.4, -0.2) is 24.3 Å². The van der Waals surface area contributed by atoms with E-state index in [0.717, 1.165) is 0 Å². The van der Waals surface area contributed by atoms with Crippen molar-refractivity contribution < 1.29 is 24.2 Å². The first-order valence-electron chi connectivity index (χ1n) is 9.13. The second kappa shape index (κ2) is 9.84. The number of ether oxygens (including phenoxy) is 1. The normalized spacial score (nSPS) is 10.5. The standard InChI is InChI=1S/C24H19NO5/c26-22(15-8-17-6-9-19(10-7-17)24(28)29)18-11-13-21(14-12-18)30-16-23(27)25-20-4-2-1-3-5-20/h1-15H,16H2,(H,25,27)(H,28,29)/p-1/b15-8+. The van der Waals surface area contributed by atoms with Crippen molar-refractivity contribution in [3.05, 3.63) is 102 Å². The molecule has 0 heterocycles. The molecule has 0 radical (unpaired) electrons. The number of ketones is 1. The van der Waals surface area contributed by atoms with Crippen LogP contribution in [0.1, 0.15) is 26.3 Å². The molecule has 0 aliphatic rings. The fourth-order valence-corrected chi connectivity index (χ4v) is 2.58. The van der Waals surface area contributed by atoms with Gasteiger partial charge in [0.1, 0.15) is 5.75 Å². The molecule has 0 aliphatic heterocycles. The average molecular weight is 400 g/mol. The molecule has 0 unspecified atom stereocenters. The molecule has 6 nitrogen and oxygen atoms in total. The summed E-state index contributed by atoms with van der Waals surface area (Å²) < 4.78 is 5.44. The summed E-state index contributed by atoms with van der Waals surface area (Å²) in [7, 11) is 0. The van der Waals surface area contributed by atoms with Gasteiger partial charge in [0, 0.05) is 11.3 Å². The van der Waals surface area contributed by atoms with Crippen molar-refractivity contribution in [2.45, 2.75) is 0 Å². The lowest BCUT2D eigenvalue weighted by molar-refractivity contribution is -0.255. The molecule has 0 bridgehead atoms. The summed E-state index contributed by atoms with van der Waals surface area (Å²) in [5.74, 6) is -1.28. The molecular weight excluding hydrogens is 382 g/mol. The van der Waals surface area contributed by atoms with Crippen LogP contribution in [0.25, 0.3) is 6.08 Å². The lowest BCUT2D eigenvalue weighted by Crippen LogP contribution is -2.21. The molecule has 0 spiro atoms. The molecule has 6 heteroatoms. The third kappa shape index (κ3) is 5.90. The van der Waals surface area contributed by atoms with Gasteiger partial charge < -0.3 is 20.0 Å². The quantitative estimate of drug-likeness (QED) is 0.463. The van der Waals surface area contributed by atoms with Crippen LogP contribution in [0.3, 0.4) is 0 Å². The predicted molar refractivity (Wildman–Crippen MR) is 111 cm³/mol. The number of para-hydroxylation sites is 1. The number of carboxylic acids is 1. The van der Waals surface area contributed by atoms with Gasteiger partial charge >= 0.3 is 0 Å². The number of allylic oxidation sites excluding steroid dienone is 1. The monoisotopic (exact) mass is 400 g/mol. The van der Waals surface area contributed by atoms with Crippen molar-refractivity contribution in [3.63, 3.8) is 0 Å². The summed E-state index contributed by atoms with van der Waals surface area (Å²) in [6.45, 7) is -0.149. The number of carbonyl (C=O) groups excluding carboxylic acids is 3. The summed E-state index contributed by atoms with van der Waals surface area (Å²) in [4.78, 5) is 34.9. The molecule has 3 aromatic carbocycles. The van der Waals surface area contributed by atoms with Crippen LogP contribution < -0.4 is 15.2 Å². The van der Waals surface area contributed by atoms with Gasteiger partial charge in [0.05, 0.1) is 5.97 Å². The average Bonchev–Trinajstić information content (AvgIpc) is 2.77. The Balaban J connectivity index is 1.52. The molecule has 0 aromatic heterocycles. The number of rotatable bonds is 8. The van der Waals surface area contributed by atoms with Crippen molar-refractivity contribution in [2.24, 2.45) is 0 Å². The van der Waals surface area contributed by atoms with E-state index >= 15 is 0 Å². The molecule has 0 saturated carbocycles. The van der Waals surface area contributed by atoms with Crippen molar-refractivity contribution in [2.75, 3.05) is 11.9 Å². The van der Waals surface area contributed by atoms with Crippen molar-refractivity contribution in [1.82, 2.24) is 0 Å². The smallest absolute Gasteiger partial charge is 0.262 e. The fourth-order valence-electron chi connectivity index (χ4n) is 2.58. The maximum atomic E-state index is 12.3. The predicted octanol–water partition coefficient (Wildman–Crippen LogP) is 2.96. The van der Waals surface area contributed by atoms with E-state index in [2.05, 4.69) is 5.32 Å². The zero-order chi connectivity index (χ0) is 21.3. The second-order valence-electron chi connectivity index (χ2n) is 6.33. The Morgan fingerprint density at radius 2 is 1.47 bits per heavy atom. The van der Waals surface area contributed by atoms with Gasteiger partial charge in [-0.3, -0.25) is 9.59 Å². The van der Waals surface area contributed by atoms with E-state index in [9.17, 15) is 19.5 Å². The van der Waals surface area contributed by atoms with E-state index in [4.69, 9.17) is 4.74 Å². The van der Waals surface area contributed by atoms with Gasteiger partial charge in [0.2, 0.25) is 0 Å². The molecule has 0 aliphatic carbocycles. The number of hydrogen-bond donors (Lipinski definition) is 1. The van der Waals surface area contributed by atoms with Gasteiger partial charge in [0.15, 0.2) is 12.4 Å².